The van der Waals surface area contributed by atoms with Gasteiger partial charge in [-0.3, -0.25) is 14.4 Å². The van der Waals surface area contributed by atoms with Crippen molar-refractivity contribution in [1.29, 1.82) is 0 Å². The van der Waals surface area contributed by atoms with Crippen LogP contribution in [-0.2, 0) is 28.6 Å². The molecule has 0 aromatic heterocycles. The van der Waals surface area contributed by atoms with E-state index in [0.717, 1.165) is 6.42 Å². The maximum absolute atomic E-state index is 12.4. The SMILES string of the molecule is CCCCOC(=O)C(CS)(COC(=O)CCS)COC(=O)CCS. The lowest BCUT2D eigenvalue weighted by molar-refractivity contribution is -0.169. The van der Waals surface area contributed by atoms with Gasteiger partial charge in [0.05, 0.1) is 19.4 Å². The van der Waals surface area contributed by atoms with Crippen LogP contribution in [0.1, 0.15) is 32.6 Å². The first-order valence-electron chi connectivity index (χ1n) is 7.76. The van der Waals surface area contributed by atoms with Crippen molar-refractivity contribution in [3.8, 4) is 0 Å². The number of ether oxygens (including phenoxy) is 3. The molecule has 6 nitrogen and oxygen atoms in total. The second-order valence-corrected chi connectivity index (χ2v) is 6.41. The molecule has 0 spiro atoms. The Morgan fingerprint density at radius 1 is 0.875 bits per heavy atom. The predicted molar refractivity (Wildman–Crippen MR) is 101 cm³/mol. The van der Waals surface area contributed by atoms with E-state index in [1.807, 2.05) is 6.92 Å². The molecule has 0 unspecified atom stereocenters. The number of rotatable bonds is 13. The fraction of sp³-hybridized carbons (Fsp3) is 0.800. The number of hydrogen-bond donors (Lipinski definition) is 3. The molecule has 0 amide bonds. The Labute approximate surface area is 159 Å². The average molecular weight is 399 g/mol. The minimum absolute atomic E-state index is 0.0142. The van der Waals surface area contributed by atoms with E-state index in [9.17, 15) is 14.4 Å². The molecule has 0 heterocycles. The highest BCUT2D eigenvalue weighted by Gasteiger charge is 2.42. The smallest absolute Gasteiger partial charge is 0.319 e. The zero-order valence-corrected chi connectivity index (χ0v) is 16.5. The van der Waals surface area contributed by atoms with Crippen LogP contribution in [0.5, 0.6) is 0 Å². The number of unbranched alkanes of at least 4 members (excludes halogenated alkanes) is 1. The number of thiol groups is 3. The largest absolute Gasteiger partial charge is 0.465 e. The number of esters is 3. The molecule has 0 aromatic rings. The second-order valence-electron chi connectivity index (χ2n) is 5.20. The van der Waals surface area contributed by atoms with Crippen molar-refractivity contribution in [1.82, 2.24) is 0 Å². The van der Waals surface area contributed by atoms with E-state index < -0.39 is 23.3 Å². The van der Waals surface area contributed by atoms with Crippen molar-refractivity contribution >= 4 is 55.8 Å². The van der Waals surface area contributed by atoms with E-state index in [1.165, 1.54) is 0 Å². The maximum Gasteiger partial charge on any atom is 0.319 e. The summed E-state index contributed by atoms with van der Waals surface area (Å²) in [4.78, 5) is 35.6. The molecule has 24 heavy (non-hydrogen) atoms. The normalized spacial score (nSPS) is 11.0. The predicted octanol–water partition coefficient (Wildman–Crippen LogP) is 1.97. The van der Waals surface area contributed by atoms with Gasteiger partial charge in [0.2, 0.25) is 0 Å². The molecule has 0 saturated carbocycles. The molecule has 0 aliphatic heterocycles. The number of hydrogen-bond acceptors (Lipinski definition) is 9. The van der Waals surface area contributed by atoms with Gasteiger partial charge in [0, 0.05) is 17.3 Å². The molecule has 0 fully saturated rings. The third-order valence-corrected chi connectivity index (χ3v) is 4.17. The summed E-state index contributed by atoms with van der Waals surface area (Å²) in [6.07, 6.45) is 1.83. The van der Waals surface area contributed by atoms with Crippen molar-refractivity contribution in [2.45, 2.75) is 32.6 Å². The van der Waals surface area contributed by atoms with Gasteiger partial charge < -0.3 is 14.2 Å². The second kappa shape index (κ2) is 13.7. The Kier molecular flexibility index (Phi) is 13.4. The van der Waals surface area contributed by atoms with Crippen LogP contribution in [-0.4, -0.2) is 55.0 Å². The van der Waals surface area contributed by atoms with Gasteiger partial charge in [0.25, 0.3) is 0 Å². The van der Waals surface area contributed by atoms with Gasteiger partial charge >= 0.3 is 17.9 Å². The molecule has 0 rings (SSSR count). The number of carbonyl (C=O) groups is 3. The molecule has 0 bridgehead atoms. The van der Waals surface area contributed by atoms with Gasteiger partial charge in [0.1, 0.15) is 18.6 Å². The van der Waals surface area contributed by atoms with Gasteiger partial charge in [-0.15, -0.1) is 0 Å². The standard InChI is InChI=1S/C15H26O6S3/c1-2-3-6-19-14(18)15(11-24,9-20-12(16)4-7-22)10-21-13(17)5-8-23/h22-24H,2-11H2,1H3. The molecule has 0 aliphatic carbocycles. The monoisotopic (exact) mass is 398 g/mol. The molecule has 140 valence electrons. The van der Waals surface area contributed by atoms with E-state index in [1.54, 1.807) is 0 Å². The van der Waals surface area contributed by atoms with Crippen molar-refractivity contribution in [3.05, 3.63) is 0 Å². The van der Waals surface area contributed by atoms with Crippen LogP contribution in [0.15, 0.2) is 0 Å². The molecule has 0 aliphatic rings. The van der Waals surface area contributed by atoms with E-state index in [4.69, 9.17) is 14.2 Å². The first-order chi connectivity index (χ1) is 11.5. The highest BCUT2D eigenvalue weighted by molar-refractivity contribution is 7.80. The average Bonchev–Trinajstić information content (AvgIpc) is 2.56. The van der Waals surface area contributed by atoms with Gasteiger partial charge in [-0.05, 0) is 6.42 Å². The fourth-order valence-corrected chi connectivity index (χ4v) is 2.22. The summed E-state index contributed by atoms with van der Waals surface area (Å²) < 4.78 is 15.5. The summed E-state index contributed by atoms with van der Waals surface area (Å²) in [7, 11) is 0. The molecule has 0 aromatic carbocycles. The van der Waals surface area contributed by atoms with Crippen molar-refractivity contribution in [3.63, 3.8) is 0 Å². The van der Waals surface area contributed by atoms with Crippen LogP contribution in [0.2, 0.25) is 0 Å². The van der Waals surface area contributed by atoms with Crippen molar-refractivity contribution < 1.29 is 28.6 Å². The lowest BCUT2D eigenvalue weighted by Gasteiger charge is -2.28. The quantitative estimate of drug-likeness (QED) is 0.191. The lowest BCUT2D eigenvalue weighted by atomic mass is 9.92. The third kappa shape index (κ3) is 9.08. The molecule has 0 atom stereocenters. The Hall–Kier alpha value is -0.540. The summed E-state index contributed by atoms with van der Waals surface area (Å²) in [5.74, 6) is -0.878. The molecule has 0 radical (unpaired) electrons. The van der Waals surface area contributed by atoms with Crippen LogP contribution in [0, 0.1) is 5.41 Å². The molecule has 0 N–H and O–H groups in total. The molecule has 9 heteroatoms. The number of carbonyl (C=O) groups excluding carboxylic acids is 3. The highest BCUT2D eigenvalue weighted by atomic mass is 32.1. The summed E-state index contributed by atoms with van der Waals surface area (Å²) in [6.45, 7) is 1.70. The van der Waals surface area contributed by atoms with Gasteiger partial charge in [-0.1, -0.05) is 13.3 Å². The fourth-order valence-electron chi connectivity index (χ4n) is 1.54. The summed E-state index contributed by atoms with van der Waals surface area (Å²) in [5, 5.41) is 0. The summed E-state index contributed by atoms with van der Waals surface area (Å²) >= 11 is 12.1. The first kappa shape index (κ1) is 23.5. The minimum Gasteiger partial charge on any atom is -0.465 e. The lowest BCUT2D eigenvalue weighted by Crippen LogP contribution is -2.44. The summed E-state index contributed by atoms with van der Waals surface area (Å²) in [5.41, 5.74) is -1.32. The third-order valence-electron chi connectivity index (χ3n) is 3.12. The minimum atomic E-state index is -1.32. The van der Waals surface area contributed by atoms with Crippen LogP contribution < -0.4 is 0 Å². The van der Waals surface area contributed by atoms with E-state index >= 15 is 0 Å². The Bertz CT molecular complexity index is 381. The maximum atomic E-state index is 12.4. The Morgan fingerprint density at radius 3 is 1.75 bits per heavy atom. The topological polar surface area (TPSA) is 78.9 Å². The zero-order valence-electron chi connectivity index (χ0n) is 13.9. The van der Waals surface area contributed by atoms with Crippen molar-refractivity contribution in [2.24, 2.45) is 5.41 Å². The highest BCUT2D eigenvalue weighted by Crippen LogP contribution is 2.24. The molecule has 0 saturated heterocycles. The van der Waals surface area contributed by atoms with Crippen LogP contribution in [0.25, 0.3) is 0 Å². The van der Waals surface area contributed by atoms with Gasteiger partial charge in [0.15, 0.2) is 0 Å². The van der Waals surface area contributed by atoms with Crippen LogP contribution in [0.3, 0.4) is 0 Å². The van der Waals surface area contributed by atoms with Gasteiger partial charge in [-0.25, -0.2) is 0 Å². The Morgan fingerprint density at radius 2 is 1.38 bits per heavy atom. The first-order valence-corrected chi connectivity index (χ1v) is 9.66. The van der Waals surface area contributed by atoms with E-state index in [2.05, 4.69) is 37.9 Å². The molecular weight excluding hydrogens is 372 g/mol. The van der Waals surface area contributed by atoms with Crippen LogP contribution >= 0.6 is 37.9 Å². The van der Waals surface area contributed by atoms with E-state index in [0.29, 0.717) is 17.9 Å². The summed E-state index contributed by atoms with van der Waals surface area (Å²) in [6, 6.07) is 0. The zero-order chi connectivity index (χ0) is 18.4. The molecular formula is C15H26O6S3. The Balaban J connectivity index is 4.94. The van der Waals surface area contributed by atoms with Gasteiger partial charge in [-0.2, -0.15) is 37.9 Å². The van der Waals surface area contributed by atoms with E-state index in [-0.39, 0.29) is 38.4 Å². The van der Waals surface area contributed by atoms with Crippen LogP contribution in [0.4, 0.5) is 0 Å². The van der Waals surface area contributed by atoms with Crippen molar-refractivity contribution in [2.75, 3.05) is 37.1 Å².